The first-order valence-corrected chi connectivity index (χ1v) is 12.1. The topological polar surface area (TPSA) is 82.1 Å². The van der Waals surface area contributed by atoms with Gasteiger partial charge in [0, 0.05) is 58.7 Å². The predicted octanol–water partition coefficient (Wildman–Crippen LogP) is 2.96. The van der Waals surface area contributed by atoms with E-state index in [0.29, 0.717) is 31.6 Å². The molecule has 2 saturated heterocycles. The van der Waals surface area contributed by atoms with Gasteiger partial charge in [-0.15, -0.1) is 0 Å². The van der Waals surface area contributed by atoms with E-state index >= 15 is 0 Å². The quantitative estimate of drug-likeness (QED) is 0.574. The molecule has 0 radical (unpaired) electrons. The van der Waals surface area contributed by atoms with E-state index in [2.05, 4.69) is 15.1 Å². The van der Waals surface area contributed by atoms with Crippen LogP contribution in [0.4, 0.5) is 0 Å². The molecule has 2 heterocycles. The number of carbonyl (C=O) groups excluding carboxylic acids is 2. The molecule has 0 aromatic heterocycles. The minimum atomic E-state index is 0.00745. The molecule has 1 aromatic carbocycles. The monoisotopic (exact) mass is 447 g/mol. The molecule has 1 aromatic rings. The molecule has 2 unspecified atom stereocenters. The summed E-state index contributed by atoms with van der Waals surface area (Å²) >= 11 is 0. The number of carbonyl (C=O) groups is 2. The number of rotatable bonds is 10. The molecule has 0 spiro atoms. The standard InChI is InChI=1S/C23H35N3O4.C2H6/c1-18(27)3-2-4-23(29)24-15-21-9-10-22(30-21)17-26-13-11-25(12-14-26)16-19-5-7-20(28)8-6-19;1-2/h5-8,21-22,28H,2-4,9-17H2,1H3,(H,24,29);1-2H3. The molecule has 0 aliphatic carbocycles. The lowest BCUT2D eigenvalue weighted by molar-refractivity contribution is -0.122. The average molecular weight is 448 g/mol. The minimum absolute atomic E-state index is 0.00745. The van der Waals surface area contributed by atoms with Gasteiger partial charge in [-0.05, 0) is 43.9 Å². The molecule has 3 rings (SSSR count). The number of ketones is 1. The Morgan fingerprint density at radius 1 is 1.00 bits per heavy atom. The highest BCUT2D eigenvalue weighted by molar-refractivity contribution is 5.78. The molecule has 0 saturated carbocycles. The van der Waals surface area contributed by atoms with Crippen LogP contribution in [0, 0.1) is 0 Å². The molecule has 2 atom stereocenters. The van der Waals surface area contributed by atoms with Crippen molar-refractivity contribution < 1.29 is 19.4 Å². The Morgan fingerprint density at radius 3 is 2.28 bits per heavy atom. The van der Waals surface area contributed by atoms with Gasteiger partial charge in [0.1, 0.15) is 11.5 Å². The summed E-state index contributed by atoms with van der Waals surface area (Å²) in [5, 5.41) is 12.3. The number of phenolic OH excluding ortho intramolecular Hbond substituents is 1. The van der Waals surface area contributed by atoms with E-state index in [0.717, 1.165) is 52.1 Å². The summed E-state index contributed by atoms with van der Waals surface area (Å²) in [6.45, 7) is 12.1. The molecular formula is C25H41N3O4. The largest absolute Gasteiger partial charge is 0.508 e. The minimum Gasteiger partial charge on any atom is -0.508 e. The highest BCUT2D eigenvalue weighted by Crippen LogP contribution is 2.21. The Labute approximate surface area is 193 Å². The SMILES string of the molecule is CC.CC(=O)CCCC(=O)NCC1CCC(CN2CCN(Cc3ccc(O)cc3)CC2)O1. The third kappa shape index (κ3) is 9.67. The second-order valence-electron chi connectivity index (χ2n) is 8.56. The fourth-order valence-electron chi connectivity index (χ4n) is 4.16. The zero-order chi connectivity index (χ0) is 23.3. The van der Waals surface area contributed by atoms with Crippen LogP contribution in [-0.4, -0.2) is 78.1 Å². The summed E-state index contributed by atoms with van der Waals surface area (Å²) in [5.41, 5.74) is 1.23. The van der Waals surface area contributed by atoms with Crippen LogP contribution in [-0.2, 0) is 20.9 Å². The van der Waals surface area contributed by atoms with Crippen LogP contribution in [0.15, 0.2) is 24.3 Å². The molecule has 0 bridgehead atoms. The third-order valence-corrected chi connectivity index (χ3v) is 5.92. The van der Waals surface area contributed by atoms with Gasteiger partial charge in [0.2, 0.25) is 5.91 Å². The van der Waals surface area contributed by atoms with Crippen molar-refractivity contribution in [2.45, 2.75) is 71.6 Å². The van der Waals surface area contributed by atoms with Crippen LogP contribution in [0.5, 0.6) is 5.75 Å². The van der Waals surface area contributed by atoms with E-state index in [1.807, 2.05) is 26.0 Å². The van der Waals surface area contributed by atoms with Crippen molar-refractivity contribution >= 4 is 11.7 Å². The Kier molecular flexibility index (Phi) is 11.7. The van der Waals surface area contributed by atoms with Crippen LogP contribution in [0.2, 0.25) is 0 Å². The van der Waals surface area contributed by atoms with E-state index in [9.17, 15) is 14.7 Å². The molecule has 2 aliphatic heterocycles. The zero-order valence-electron chi connectivity index (χ0n) is 20.0. The van der Waals surface area contributed by atoms with E-state index in [1.165, 1.54) is 5.56 Å². The fraction of sp³-hybridized carbons (Fsp3) is 0.680. The maximum absolute atomic E-state index is 11.9. The van der Waals surface area contributed by atoms with Crippen molar-refractivity contribution in [2.75, 3.05) is 39.3 Å². The van der Waals surface area contributed by atoms with Gasteiger partial charge < -0.3 is 20.0 Å². The van der Waals surface area contributed by atoms with E-state index in [1.54, 1.807) is 19.1 Å². The van der Waals surface area contributed by atoms with Gasteiger partial charge in [-0.2, -0.15) is 0 Å². The van der Waals surface area contributed by atoms with Crippen molar-refractivity contribution in [3.8, 4) is 5.75 Å². The van der Waals surface area contributed by atoms with Crippen molar-refractivity contribution in [1.82, 2.24) is 15.1 Å². The van der Waals surface area contributed by atoms with Gasteiger partial charge in [-0.25, -0.2) is 0 Å². The molecule has 7 nitrogen and oxygen atoms in total. The lowest BCUT2D eigenvalue weighted by Gasteiger charge is -2.35. The van der Waals surface area contributed by atoms with Crippen molar-refractivity contribution in [3.63, 3.8) is 0 Å². The first kappa shape index (κ1) is 26.3. The molecule has 7 heteroatoms. The first-order chi connectivity index (χ1) is 15.5. The van der Waals surface area contributed by atoms with Crippen LogP contribution in [0.3, 0.4) is 0 Å². The number of piperazine rings is 1. The molecule has 32 heavy (non-hydrogen) atoms. The predicted molar refractivity (Wildman–Crippen MR) is 127 cm³/mol. The average Bonchev–Trinajstić information content (AvgIpc) is 3.24. The van der Waals surface area contributed by atoms with Gasteiger partial charge in [-0.1, -0.05) is 26.0 Å². The summed E-state index contributed by atoms with van der Waals surface area (Å²) < 4.78 is 6.14. The van der Waals surface area contributed by atoms with Crippen molar-refractivity contribution in [3.05, 3.63) is 29.8 Å². The Balaban J connectivity index is 0.00000176. The fourth-order valence-corrected chi connectivity index (χ4v) is 4.16. The van der Waals surface area contributed by atoms with Crippen molar-refractivity contribution in [2.24, 2.45) is 0 Å². The number of Topliss-reactive ketones (excluding diaryl/α,β-unsaturated/α-hetero) is 1. The second kappa shape index (κ2) is 14.2. The Morgan fingerprint density at radius 2 is 1.62 bits per heavy atom. The molecule has 2 aliphatic rings. The van der Waals surface area contributed by atoms with Gasteiger partial charge >= 0.3 is 0 Å². The summed E-state index contributed by atoms with van der Waals surface area (Å²) in [6, 6.07) is 7.45. The molecule has 2 fully saturated rings. The lowest BCUT2D eigenvalue weighted by Crippen LogP contribution is -2.48. The van der Waals surface area contributed by atoms with Gasteiger partial charge in [0.15, 0.2) is 0 Å². The van der Waals surface area contributed by atoms with Gasteiger partial charge in [0.25, 0.3) is 0 Å². The zero-order valence-corrected chi connectivity index (χ0v) is 20.0. The highest BCUT2D eigenvalue weighted by Gasteiger charge is 2.28. The summed E-state index contributed by atoms with van der Waals surface area (Å²) in [7, 11) is 0. The Bertz CT molecular complexity index is 687. The van der Waals surface area contributed by atoms with Crippen LogP contribution >= 0.6 is 0 Å². The van der Waals surface area contributed by atoms with Gasteiger partial charge in [0.05, 0.1) is 12.2 Å². The van der Waals surface area contributed by atoms with E-state index in [-0.39, 0.29) is 23.9 Å². The molecule has 1 amide bonds. The number of hydrogen-bond acceptors (Lipinski definition) is 6. The number of aromatic hydroxyl groups is 1. The van der Waals surface area contributed by atoms with Crippen LogP contribution < -0.4 is 5.32 Å². The summed E-state index contributed by atoms with van der Waals surface area (Å²) in [6.07, 6.45) is 3.86. The van der Waals surface area contributed by atoms with E-state index < -0.39 is 0 Å². The summed E-state index contributed by atoms with van der Waals surface area (Å²) in [4.78, 5) is 27.7. The number of hydrogen-bond donors (Lipinski definition) is 2. The second-order valence-corrected chi connectivity index (χ2v) is 8.56. The molecular weight excluding hydrogens is 406 g/mol. The van der Waals surface area contributed by atoms with Crippen molar-refractivity contribution in [1.29, 1.82) is 0 Å². The number of nitrogens with zero attached hydrogens (tertiary/aromatic N) is 2. The molecule has 2 N–H and O–H groups in total. The highest BCUT2D eigenvalue weighted by atomic mass is 16.5. The number of phenols is 1. The first-order valence-electron chi connectivity index (χ1n) is 12.1. The maximum atomic E-state index is 11.9. The number of benzene rings is 1. The number of ether oxygens (including phenoxy) is 1. The summed E-state index contributed by atoms with van der Waals surface area (Å²) in [5.74, 6) is 0.449. The van der Waals surface area contributed by atoms with E-state index in [4.69, 9.17) is 4.74 Å². The smallest absolute Gasteiger partial charge is 0.220 e. The number of amides is 1. The Hall–Kier alpha value is -1.96. The van der Waals surface area contributed by atoms with Gasteiger partial charge in [-0.3, -0.25) is 14.6 Å². The maximum Gasteiger partial charge on any atom is 0.220 e. The van der Waals surface area contributed by atoms with Crippen LogP contribution in [0.1, 0.15) is 58.4 Å². The third-order valence-electron chi connectivity index (χ3n) is 5.92. The molecule has 180 valence electrons. The van der Waals surface area contributed by atoms with Crippen LogP contribution in [0.25, 0.3) is 0 Å². The lowest BCUT2D eigenvalue weighted by atomic mass is 10.1. The normalized spacial score (nSPS) is 21.6. The number of nitrogens with one attached hydrogen (secondary N) is 1.